The molecule has 10 heavy (non-hydrogen) atoms. The maximum absolute atomic E-state index is 10.4. The number of nitrogens with two attached hydrogens (primary N) is 1. The molecule has 0 spiro atoms. The fraction of sp³-hybridized carbons (Fsp3) is 0.833. The lowest BCUT2D eigenvalue weighted by atomic mass is 10.0. The van der Waals surface area contributed by atoms with Crippen LogP contribution in [-0.2, 0) is 4.79 Å². The van der Waals surface area contributed by atoms with Gasteiger partial charge in [-0.05, 0) is 17.9 Å². The quantitative estimate of drug-likeness (QED) is 0.578. The number of carbonyl (C=O) groups is 1. The van der Waals surface area contributed by atoms with Gasteiger partial charge in [0, 0.05) is 5.92 Å². The van der Waals surface area contributed by atoms with Crippen LogP contribution in [0.1, 0.15) is 6.42 Å². The van der Waals surface area contributed by atoms with Crippen molar-refractivity contribution in [2.24, 2.45) is 11.7 Å². The summed E-state index contributed by atoms with van der Waals surface area (Å²) in [6.07, 6.45) is -0.00981. The summed E-state index contributed by atoms with van der Waals surface area (Å²) in [5.41, 5.74) is 4.92. The Kier molecular flexibility index (Phi) is 2.56. The lowest BCUT2D eigenvalue weighted by Crippen LogP contribution is -2.35. The maximum Gasteiger partial charge on any atom is 0.246 e. The molecule has 58 valence electrons. The predicted molar refractivity (Wildman–Crippen MR) is 40.6 cm³/mol. The Morgan fingerprint density at radius 2 is 2.50 bits per heavy atom. The minimum absolute atomic E-state index is 0.0995. The van der Waals surface area contributed by atoms with Crippen molar-refractivity contribution in [2.45, 2.75) is 12.5 Å². The van der Waals surface area contributed by atoms with Gasteiger partial charge in [-0.2, -0.15) is 11.8 Å². The lowest BCUT2D eigenvalue weighted by molar-refractivity contribution is -0.128. The highest BCUT2D eigenvalue weighted by Gasteiger charge is 2.27. The SMILES string of the molecule is NC(=O)C(O)C1CCSC1. The van der Waals surface area contributed by atoms with Gasteiger partial charge in [0.05, 0.1) is 0 Å². The standard InChI is InChI=1S/C6H11NO2S/c7-6(9)5(8)4-1-2-10-3-4/h4-5,8H,1-3H2,(H2,7,9). The zero-order chi connectivity index (χ0) is 7.56. The summed E-state index contributed by atoms with van der Waals surface area (Å²) in [6, 6.07) is 0. The molecular formula is C6H11NO2S. The van der Waals surface area contributed by atoms with Crippen molar-refractivity contribution in [3.05, 3.63) is 0 Å². The summed E-state index contributed by atoms with van der Waals surface area (Å²) in [5, 5.41) is 9.14. The Hall–Kier alpha value is -0.220. The third-order valence-corrected chi connectivity index (χ3v) is 2.89. The van der Waals surface area contributed by atoms with Gasteiger partial charge in [-0.3, -0.25) is 4.79 Å². The maximum atomic E-state index is 10.4. The van der Waals surface area contributed by atoms with E-state index in [4.69, 9.17) is 10.8 Å². The van der Waals surface area contributed by atoms with Crippen LogP contribution in [0.3, 0.4) is 0 Å². The molecule has 2 unspecified atom stereocenters. The first-order valence-corrected chi connectivity index (χ1v) is 4.42. The molecule has 0 aromatic rings. The molecule has 0 aromatic heterocycles. The van der Waals surface area contributed by atoms with E-state index in [0.29, 0.717) is 0 Å². The van der Waals surface area contributed by atoms with Crippen LogP contribution < -0.4 is 5.73 Å². The number of hydrogen-bond acceptors (Lipinski definition) is 3. The van der Waals surface area contributed by atoms with E-state index >= 15 is 0 Å². The number of rotatable bonds is 2. The molecule has 0 radical (unpaired) electrons. The fourth-order valence-corrected chi connectivity index (χ4v) is 2.32. The van der Waals surface area contributed by atoms with E-state index in [9.17, 15) is 4.79 Å². The van der Waals surface area contributed by atoms with Crippen LogP contribution in [0, 0.1) is 5.92 Å². The van der Waals surface area contributed by atoms with Gasteiger partial charge in [-0.1, -0.05) is 0 Å². The highest BCUT2D eigenvalue weighted by Crippen LogP contribution is 2.25. The average molecular weight is 161 g/mol. The van der Waals surface area contributed by atoms with Crippen LogP contribution in [0.5, 0.6) is 0 Å². The molecule has 1 aliphatic heterocycles. The van der Waals surface area contributed by atoms with Gasteiger partial charge in [0.25, 0.3) is 0 Å². The molecule has 3 nitrogen and oxygen atoms in total. The molecule has 0 bridgehead atoms. The van der Waals surface area contributed by atoms with Gasteiger partial charge < -0.3 is 10.8 Å². The summed E-state index contributed by atoms with van der Waals surface area (Å²) in [5.74, 6) is 1.41. The molecule has 1 fully saturated rings. The summed E-state index contributed by atoms with van der Waals surface area (Å²) in [6.45, 7) is 0. The summed E-state index contributed by atoms with van der Waals surface area (Å²) >= 11 is 1.76. The van der Waals surface area contributed by atoms with E-state index in [1.165, 1.54) is 0 Å². The third kappa shape index (κ3) is 1.64. The first-order valence-electron chi connectivity index (χ1n) is 3.27. The second kappa shape index (κ2) is 3.25. The van der Waals surface area contributed by atoms with Gasteiger partial charge in [-0.15, -0.1) is 0 Å². The smallest absolute Gasteiger partial charge is 0.246 e. The first kappa shape index (κ1) is 7.88. The van der Waals surface area contributed by atoms with Crippen molar-refractivity contribution in [1.29, 1.82) is 0 Å². The monoisotopic (exact) mass is 161 g/mol. The molecule has 2 atom stereocenters. The number of amides is 1. The second-order valence-corrected chi connectivity index (χ2v) is 3.62. The molecule has 0 aromatic carbocycles. The Labute approximate surface area is 64.0 Å². The number of aliphatic hydroxyl groups excluding tert-OH is 1. The van der Waals surface area contributed by atoms with E-state index in [1.54, 1.807) is 11.8 Å². The van der Waals surface area contributed by atoms with Crippen LogP contribution >= 0.6 is 11.8 Å². The fourth-order valence-electron chi connectivity index (χ4n) is 1.03. The van der Waals surface area contributed by atoms with Crippen molar-refractivity contribution in [1.82, 2.24) is 0 Å². The zero-order valence-corrected chi connectivity index (χ0v) is 6.43. The van der Waals surface area contributed by atoms with Crippen molar-refractivity contribution in [3.8, 4) is 0 Å². The predicted octanol–water partition coefficient (Wildman–Crippen LogP) is -0.414. The molecule has 1 amide bonds. The van der Waals surface area contributed by atoms with Crippen LogP contribution in [0.4, 0.5) is 0 Å². The molecule has 0 saturated carbocycles. The van der Waals surface area contributed by atoms with Crippen LogP contribution in [0.2, 0.25) is 0 Å². The number of hydrogen-bond donors (Lipinski definition) is 2. The van der Waals surface area contributed by atoms with E-state index in [0.717, 1.165) is 17.9 Å². The van der Waals surface area contributed by atoms with E-state index in [1.807, 2.05) is 0 Å². The largest absolute Gasteiger partial charge is 0.383 e. The van der Waals surface area contributed by atoms with Crippen molar-refractivity contribution in [2.75, 3.05) is 11.5 Å². The van der Waals surface area contributed by atoms with Crippen LogP contribution in [0.15, 0.2) is 0 Å². The number of carbonyl (C=O) groups excluding carboxylic acids is 1. The summed E-state index contributed by atoms with van der Waals surface area (Å²) < 4.78 is 0. The van der Waals surface area contributed by atoms with Gasteiger partial charge in [0.2, 0.25) is 5.91 Å². The normalized spacial score (nSPS) is 28.3. The van der Waals surface area contributed by atoms with E-state index in [-0.39, 0.29) is 5.92 Å². The van der Waals surface area contributed by atoms with Gasteiger partial charge in [0.1, 0.15) is 6.10 Å². The van der Waals surface area contributed by atoms with Crippen LogP contribution in [0.25, 0.3) is 0 Å². The van der Waals surface area contributed by atoms with Gasteiger partial charge >= 0.3 is 0 Å². The second-order valence-electron chi connectivity index (χ2n) is 2.47. The Balaban J connectivity index is 2.39. The minimum atomic E-state index is -0.921. The highest BCUT2D eigenvalue weighted by molar-refractivity contribution is 7.99. The van der Waals surface area contributed by atoms with E-state index in [2.05, 4.69) is 0 Å². The molecule has 1 aliphatic rings. The lowest BCUT2D eigenvalue weighted by Gasteiger charge is -2.11. The Bertz CT molecular complexity index is 134. The van der Waals surface area contributed by atoms with Gasteiger partial charge in [-0.25, -0.2) is 0 Å². The first-order chi connectivity index (χ1) is 4.72. The number of aliphatic hydroxyl groups is 1. The molecule has 1 saturated heterocycles. The minimum Gasteiger partial charge on any atom is -0.383 e. The Morgan fingerprint density at radius 3 is 2.90 bits per heavy atom. The zero-order valence-electron chi connectivity index (χ0n) is 5.62. The molecule has 3 N–H and O–H groups in total. The summed E-state index contributed by atoms with van der Waals surface area (Å²) in [4.78, 5) is 10.4. The molecule has 0 aliphatic carbocycles. The van der Waals surface area contributed by atoms with Crippen molar-refractivity contribution >= 4 is 17.7 Å². The van der Waals surface area contributed by atoms with Crippen molar-refractivity contribution < 1.29 is 9.90 Å². The summed E-state index contributed by atoms with van der Waals surface area (Å²) in [7, 11) is 0. The molecule has 4 heteroatoms. The third-order valence-electron chi connectivity index (χ3n) is 1.70. The highest BCUT2D eigenvalue weighted by atomic mass is 32.2. The molecule has 1 heterocycles. The Morgan fingerprint density at radius 1 is 1.80 bits per heavy atom. The topological polar surface area (TPSA) is 63.3 Å². The van der Waals surface area contributed by atoms with E-state index < -0.39 is 12.0 Å². The molecule has 1 rings (SSSR count). The number of thioether (sulfide) groups is 1. The van der Waals surface area contributed by atoms with Crippen molar-refractivity contribution in [3.63, 3.8) is 0 Å². The number of primary amides is 1. The van der Waals surface area contributed by atoms with Crippen LogP contribution in [-0.4, -0.2) is 28.6 Å². The average Bonchev–Trinajstić information content (AvgIpc) is 2.36. The van der Waals surface area contributed by atoms with Gasteiger partial charge in [0.15, 0.2) is 0 Å². The molecular weight excluding hydrogens is 150 g/mol.